The van der Waals surface area contributed by atoms with E-state index in [1.807, 2.05) is 20.8 Å². The van der Waals surface area contributed by atoms with Crippen LogP contribution in [0.25, 0.3) is 0 Å². The molecule has 0 aromatic heterocycles. The average Bonchev–Trinajstić information content (AvgIpc) is 2.57. The minimum absolute atomic E-state index is 0.220. The van der Waals surface area contributed by atoms with E-state index in [4.69, 9.17) is 4.74 Å². The second-order valence-electron chi connectivity index (χ2n) is 5.63. The minimum Gasteiger partial charge on any atom is -0.444 e. The Morgan fingerprint density at radius 2 is 2.31 bits per heavy atom. The molecule has 2 rings (SSSR count). The first-order valence-corrected chi connectivity index (χ1v) is 5.81. The molecule has 2 N–H and O–H groups in total. The van der Waals surface area contributed by atoms with Crippen molar-refractivity contribution in [1.29, 1.82) is 0 Å². The molecule has 16 heavy (non-hydrogen) atoms. The molecular formula is C12H20N2O2. The van der Waals surface area contributed by atoms with Crippen LogP contribution in [-0.2, 0) is 4.74 Å². The van der Waals surface area contributed by atoms with Crippen molar-refractivity contribution in [2.45, 2.75) is 38.3 Å². The molecule has 4 nitrogen and oxygen atoms in total. The Balaban J connectivity index is 1.99. The molecule has 1 aliphatic carbocycles. The summed E-state index contributed by atoms with van der Waals surface area (Å²) in [5.41, 5.74) is -0.660. The zero-order valence-electron chi connectivity index (χ0n) is 10.2. The van der Waals surface area contributed by atoms with Gasteiger partial charge >= 0.3 is 6.09 Å². The third-order valence-corrected chi connectivity index (χ3v) is 3.11. The van der Waals surface area contributed by atoms with E-state index in [1.165, 1.54) is 0 Å². The highest BCUT2D eigenvalue weighted by atomic mass is 16.6. The molecule has 1 saturated heterocycles. The van der Waals surface area contributed by atoms with E-state index < -0.39 is 5.60 Å². The molecule has 0 aromatic rings. The van der Waals surface area contributed by atoms with Crippen molar-refractivity contribution >= 4 is 6.09 Å². The zero-order valence-corrected chi connectivity index (χ0v) is 10.2. The summed E-state index contributed by atoms with van der Waals surface area (Å²) in [5.74, 6) is 0.472. The molecule has 0 unspecified atom stereocenters. The quantitative estimate of drug-likeness (QED) is 0.662. The van der Waals surface area contributed by atoms with Crippen LogP contribution in [0.15, 0.2) is 12.2 Å². The van der Waals surface area contributed by atoms with Gasteiger partial charge in [0.2, 0.25) is 0 Å². The zero-order chi connectivity index (χ0) is 11.8. The van der Waals surface area contributed by atoms with Crippen LogP contribution in [0.4, 0.5) is 4.79 Å². The molecule has 0 saturated carbocycles. The summed E-state index contributed by atoms with van der Waals surface area (Å²) in [6.07, 6.45) is 4.94. The number of nitrogens with one attached hydrogen (secondary N) is 2. The maximum atomic E-state index is 11.8. The van der Waals surface area contributed by atoms with Gasteiger partial charge in [0.05, 0.1) is 5.54 Å². The highest BCUT2D eigenvalue weighted by molar-refractivity contribution is 5.69. The largest absolute Gasteiger partial charge is 0.444 e. The molecule has 1 amide bonds. The van der Waals surface area contributed by atoms with Crippen LogP contribution >= 0.6 is 0 Å². The van der Waals surface area contributed by atoms with Crippen LogP contribution in [-0.4, -0.2) is 30.3 Å². The fourth-order valence-electron chi connectivity index (χ4n) is 2.39. The van der Waals surface area contributed by atoms with Crippen LogP contribution < -0.4 is 10.6 Å². The van der Waals surface area contributed by atoms with E-state index >= 15 is 0 Å². The Kier molecular flexibility index (Phi) is 2.70. The van der Waals surface area contributed by atoms with Crippen molar-refractivity contribution < 1.29 is 9.53 Å². The van der Waals surface area contributed by atoms with Gasteiger partial charge in [-0.2, -0.15) is 0 Å². The van der Waals surface area contributed by atoms with Crippen LogP contribution in [0.5, 0.6) is 0 Å². The maximum absolute atomic E-state index is 11.8. The number of hydrogen-bond donors (Lipinski definition) is 2. The summed E-state index contributed by atoms with van der Waals surface area (Å²) in [5, 5.41) is 6.31. The fraction of sp³-hybridized carbons (Fsp3) is 0.750. The SMILES string of the molecule is CC(C)(C)OC(=O)N[C@@]12C=CC[C@@H]1CNC2. The van der Waals surface area contributed by atoms with Crippen LogP contribution in [0, 0.1) is 5.92 Å². The molecule has 0 aromatic carbocycles. The van der Waals surface area contributed by atoms with Gasteiger partial charge in [0.25, 0.3) is 0 Å². The summed E-state index contributed by atoms with van der Waals surface area (Å²) < 4.78 is 5.29. The number of amides is 1. The van der Waals surface area contributed by atoms with Gasteiger partial charge in [-0.05, 0) is 27.2 Å². The normalized spacial score (nSPS) is 32.6. The van der Waals surface area contributed by atoms with Crippen molar-refractivity contribution in [3.05, 3.63) is 12.2 Å². The Hall–Kier alpha value is -1.03. The van der Waals surface area contributed by atoms with Crippen molar-refractivity contribution in [1.82, 2.24) is 10.6 Å². The van der Waals surface area contributed by atoms with E-state index in [0.29, 0.717) is 5.92 Å². The Morgan fingerprint density at radius 1 is 1.56 bits per heavy atom. The number of ether oxygens (including phenoxy) is 1. The third kappa shape index (κ3) is 2.21. The predicted molar refractivity (Wildman–Crippen MR) is 62.2 cm³/mol. The molecule has 2 atom stereocenters. The second-order valence-corrected chi connectivity index (χ2v) is 5.63. The molecule has 2 aliphatic rings. The minimum atomic E-state index is -0.440. The molecule has 0 radical (unpaired) electrons. The Morgan fingerprint density at radius 3 is 3.00 bits per heavy atom. The third-order valence-electron chi connectivity index (χ3n) is 3.11. The number of hydrogen-bond acceptors (Lipinski definition) is 3. The number of allylic oxidation sites excluding steroid dienone is 1. The van der Waals surface area contributed by atoms with Gasteiger partial charge in [0.15, 0.2) is 0 Å². The number of fused-ring (bicyclic) bond motifs is 1. The lowest BCUT2D eigenvalue weighted by atomic mass is 9.91. The topological polar surface area (TPSA) is 50.4 Å². The summed E-state index contributed by atoms with van der Waals surface area (Å²) in [6.45, 7) is 7.38. The molecule has 4 heteroatoms. The highest BCUT2D eigenvalue weighted by Crippen LogP contribution is 2.32. The monoisotopic (exact) mass is 224 g/mol. The number of carbonyl (C=O) groups is 1. The lowest BCUT2D eigenvalue weighted by Gasteiger charge is -2.30. The van der Waals surface area contributed by atoms with Crippen LogP contribution in [0.3, 0.4) is 0 Å². The van der Waals surface area contributed by atoms with Crippen molar-refractivity contribution in [2.24, 2.45) is 5.92 Å². The van der Waals surface area contributed by atoms with E-state index in [2.05, 4.69) is 22.8 Å². The molecule has 1 heterocycles. The van der Waals surface area contributed by atoms with E-state index in [1.54, 1.807) is 0 Å². The van der Waals surface area contributed by atoms with Crippen molar-refractivity contribution in [3.8, 4) is 0 Å². The average molecular weight is 224 g/mol. The van der Waals surface area contributed by atoms with Crippen molar-refractivity contribution in [2.75, 3.05) is 13.1 Å². The van der Waals surface area contributed by atoms with Gasteiger partial charge < -0.3 is 15.4 Å². The first kappa shape index (κ1) is 11.5. The smallest absolute Gasteiger partial charge is 0.408 e. The summed E-state index contributed by atoms with van der Waals surface area (Å²) in [6, 6.07) is 0. The van der Waals surface area contributed by atoms with Gasteiger partial charge in [-0.1, -0.05) is 12.2 Å². The van der Waals surface area contributed by atoms with Gasteiger partial charge in [-0.15, -0.1) is 0 Å². The van der Waals surface area contributed by atoms with Gasteiger partial charge in [0, 0.05) is 19.0 Å². The highest BCUT2D eigenvalue weighted by Gasteiger charge is 2.44. The van der Waals surface area contributed by atoms with E-state index in [0.717, 1.165) is 19.5 Å². The molecule has 0 spiro atoms. The standard InChI is InChI=1S/C12H20N2O2/c1-11(2,3)16-10(15)14-12-6-4-5-9(12)7-13-8-12/h4,6,9,13H,5,7-8H2,1-3H3,(H,14,15)/t9-,12-/m1/s1. The summed E-state index contributed by atoms with van der Waals surface area (Å²) in [7, 11) is 0. The first-order chi connectivity index (χ1) is 7.41. The molecular weight excluding hydrogens is 204 g/mol. The molecule has 1 fully saturated rings. The van der Waals surface area contributed by atoms with E-state index in [-0.39, 0.29) is 11.6 Å². The summed E-state index contributed by atoms with van der Waals surface area (Å²) in [4.78, 5) is 11.8. The van der Waals surface area contributed by atoms with Crippen LogP contribution in [0.2, 0.25) is 0 Å². The van der Waals surface area contributed by atoms with E-state index in [9.17, 15) is 4.79 Å². The number of carbonyl (C=O) groups excluding carboxylic acids is 1. The Bertz CT molecular complexity index is 319. The number of alkyl carbamates (subject to hydrolysis) is 1. The van der Waals surface area contributed by atoms with Gasteiger partial charge in [-0.3, -0.25) is 0 Å². The van der Waals surface area contributed by atoms with Crippen LogP contribution in [0.1, 0.15) is 27.2 Å². The molecule has 1 aliphatic heterocycles. The van der Waals surface area contributed by atoms with Gasteiger partial charge in [0.1, 0.15) is 5.60 Å². The second kappa shape index (κ2) is 3.77. The molecule has 0 bridgehead atoms. The van der Waals surface area contributed by atoms with Crippen molar-refractivity contribution in [3.63, 3.8) is 0 Å². The lowest BCUT2D eigenvalue weighted by molar-refractivity contribution is 0.0470. The molecule has 90 valence electrons. The van der Waals surface area contributed by atoms with Gasteiger partial charge in [-0.25, -0.2) is 4.79 Å². The maximum Gasteiger partial charge on any atom is 0.408 e. The lowest BCUT2D eigenvalue weighted by Crippen LogP contribution is -2.52. The number of rotatable bonds is 1. The fourth-order valence-corrected chi connectivity index (χ4v) is 2.39. The summed E-state index contributed by atoms with van der Waals surface area (Å²) >= 11 is 0. The predicted octanol–water partition coefficient (Wildman–Crippen LogP) is 1.43. The first-order valence-electron chi connectivity index (χ1n) is 5.81. The Labute approximate surface area is 96.4 Å².